The van der Waals surface area contributed by atoms with Crippen LogP contribution in [0.3, 0.4) is 0 Å². The molecule has 1 aliphatic heterocycles. The summed E-state index contributed by atoms with van der Waals surface area (Å²) in [6.45, 7) is 0.439. The van der Waals surface area contributed by atoms with E-state index in [0.717, 1.165) is 5.56 Å². The Hall–Kier alpha value is -2.17. The van der Waals surface area contributed by atoms with Gasteiger partial charge in [0.1, 0.15) is 0 Å². The van der Waals surface area contributed by atoms with Crippen LogP contribution in [0.25, 0.3) is 0 Å². The van der Waals surface area contributed by atoms with Gasteiger partial charge in [-0.1, -0.05) is 48.5 Å². The third-order valence-corrected chi connectivity index (χ3v) is 3.86. The van der Waals surface area contributed by atoms with Gasteiger partial charge in [0, 0.05) is 18.2 Å². The van der Waals surface area contributed by atoms with Gasteiger partial charge in [-0.2, -0.15) is 0 Å². The minimum atomic E-state index is -1.40. The van der Waals surface area contributed by atoms with Gasteiger partial charge in [0.05, 0.1) is 13.2 Å². The van der Waals surface area contributed by atoms with Crippen molar-refractivity contribution in [2.75, 3.05) is 13.7 Å². The minimum Gasteiger partial charge on any atom is -0.371 e. The second-order valence-electron chi connectivity index (χ2n) is 5.20. The summed E-state index contributed by atoms with van der Waals surface area (Å²) in [4.78, 5) is 13.5. The topological polar surface area (TPSA) is 49.8 Å². The van der Waals surface area contributed by atoms with Crippen molar-refractivity contribution < 1.29 is 14.6 Å². The number of amides is 1. The molecule has 4 nitrogen and oxygen atoms in total. The summed E-state index contributed by atoms with van der Waals surface area (Å²) in [6, 6.07) is 16.8. The molecule has 4 heteroatoms. The molecule has 0 aliphatic carbocycles. The molecule has 1 aliphatic rings. The number of rotatable bonds is 4. The third kappa shape index (κ3) is 2.33. The molecular weight excluding hydrogens is 266 g/mol. The van der Waals surface area contributed by atoms with Crippen molar-refractivity contribution in [1.82, 2.24) is 4.90 Å². The molecule has 1 amide bonds. The van der Waals surface area contributed by atoms with Crippen molar-refractivity contribution in [3.8, 4) is 0 Å². The molecule has 2 aromatic rings. The van der Waals surface area contributed by atoms with E-state index >= 15 is 0 Å². The Morgan fingerprint density at radius 1 is 1.10 bits per heavy atom. The maximum Gasteiger partial charge on any atom is 0.256 e. The summed E-state index contributed by atoms with van der Waals surface area (Å²) in [5.74, 6) is -0.184. The Bertz CT molecular complexity index is 656. The van der Waals surface area contributed by atoms with Crippen LogP contribution in [0.15, 0.2) is 54.6 Å². The summed E-state index contributed by atoms with van der Waals surface area (Å²) in [6.07, 6.45) is 0. The minimum absolute atomic E-state index is 0.0428. The van der Waals surface area contributed by atoms with E-state index in [1.165, 1.54) is 4.90 Å². The van der Waals surface area contributed by atoms with E-state index in [2.05, 4.69) is 0 Å². The highest BCUT2D eigenvalue weighted by atomic mass is 16.5. The highest BCUT2D eigenvalue weighted by molar-refractivity contribution is 5.99. The van der Waals surface area contributed by atoms with E-state index in [-0.39, 0.29) is 12.5 Å². The van der Waals surface area contributed by atoms with Gasteiger partial charge in [-0.25, -0.2) is 0 Å². The van der Waals surface area contributed by atoms with Crippen LogP contribution in [0.4, 0.5) is 0 Å². The van der Waals surface area contributed by atoms with Crippen LogP contribution in [-0.2, 0) is 17.1 Å². The summed E-state index contributed by atoms with van der Waals surface area (Å²) in [5.41, 5.74) is 0.764. The second kappa shape index (κ2) is 5.31. The number of ether oxygens (including phenoxy) is 1. The van der Waals surface area contributed by atoms with Crippen molar-refractivity contribution in [1.29, 1.82) is 0 Å². The lowest BCUT2D eigenvalue weighted by Gasteiger charge is -2.31. The van der Waals surface area contributed by atoms with Gasteiger partial charge >= 0.3 is 0 Å². The molecule has 1 atom stereocenters. The number of carbonyl (C=O) groups excluding carboxylic acids is 1. The van der Waals surface area contributed by atoms with Crippen LogP contribution in [0, 0.1) is 0 Å². The Balaban J connectivity index is 1.76. The van der Waals surface area contributed by atoms with E-state index in [9.17, 15) is 9.90 Å². The van der Waals surface area contributed by atoms with Crippen LogP contribution < -0.4 is 0 Å². The Morgan fingerprint density at radius 3 is 2.52 bits per heavy atom. The number of benzene rings is 2. The fourth-order valence-electron chi connectivity index (χ4n) is 2.61. The van der Waals surface area contributed by atoms with E-state index < -0.39 is 5.72 Å². The molecule has 21 heavy (non-hydrogen) atoms. The van der Waals surface area contributed by atoms with E-state index in [4.69, 9.17) is 4.74 Å². The SMILES string of the molecule is CN1C(=O)c2ccccc2C1(O)COCc1ccccc1. The molecule has 108 valence electrons. The van der Waals surface area contributed by atoms with Crippen LogP contribution in [-0.4, -0.2) is 29.6 Å². The van der Waals surface area contributed by atoms with Crippen LogP contribution in [0.2, 0.25) is 0 Å². The maximum atomic E-state index is 12.2. The molecule has 1 unspecified atom stereocenters. The van der Waals surface area contributed by atoms with E-state index in [1.54, 1.807) is 25.2 Å². The molecule has 3 rings (SSSR count). The molecule has 0 saturated heterocycles. The van der Waals surface area contributed by atoms with E-state index in [0.29, 0.717) is 17.7 Å². The predicted molar refractivity (Wildman–Crippen MR) is 78.5 cm³/mol. The maximum absolute atomic E-state index is 12.2. The van der Waals surface area contributed by atoms with E-state index in [1.807, 2.05) is 36.4 Å². The van der Waals surface area contributed by atoms with Crippen LogP contribution >= 0.6 is 0 Å². The first-order chi connectivity index (χ1) is 10.1. The van der Waals surface area contributed by atoms with Gasteiger partial charge in [-0.05, 0) is 11.6 Å². The average Bonchev–Trinajstić information content (AvgIpc) is 2.71. The number of likely N-dealkylation sites (N-methyl/N-ethyl adjacent to an activating group) is 1. The van der Waals surface area contributed by atoms with Gasteiger partial charge in [0.15, 0.2) is 5.72 Å². The summed E-state index contributed by atoms with van der Waals surface area (Å²) in [5, 5.41) is 10.8. The molecule has 0 bridgehead atoms. The van der Waals surface area contributed by atoms with Gasteiger partial charge in [0.2, 0.25) is 0 Å². The lowest BCUT2D eigenvalue weighted by Crippen LogP contribution is -2.44. The normalized spacial score (nSPS) is 20.7. The highest BCUT2D eigenvalue weighted by Gasteiger charge is 2.46. The Kier molecular flexibility index (Phi) is 3.49. The molecule has 0 aromatic heterocycles. The standard InChI is InChI=1S/C17H17NO3/c1-18-16(19)14-9-5-6-10-15(14)17(18,20)12-21-11-13-7-3-2-4-8-13/h2-10,20H,11-12H2,1H3. The van der Waals surface area contributed by atoms with Crippen molar-refractivity contribution >= 4 is 5.91 Å². The molecule has 1 N–H and O–H groups in total. The molecule has 0 radical (unpaired) electrons. The number of hydrogen-bond acceptors (Lipinski definition) is 3. The molecule has 0 fully saturated rings. The van der Waals surface area contributed by atoms with Gasteiger partial charge < -0.3 is 14.7 Å². The molecule has 2 aromatic carbocycles. The van der Waals surface area contributed by atoms with Crippen molar-refractivity contribution in [3.05, 3.63) is 71.3 Å². The zero-order chi connectivity index (χ0) is 14.9. The van der Waals surface area contributed by atoms with Gasteiger partial charge in [-0.15, -0.1) is 0 Å². The molecule has 1 heterocycles. The first-order valence-corrected chi connectivity index (χ1v) is 6.84. The van der Waals surface area contributed by atoms with Crippen molar-refractivity contribution in [2.45, 2.75) is 12.3 Å². The number of aliphatic hydroxyl groups is 1. The second-order valence-corrected chi connectivity index (χ2v) is 5.20. The first kappa shape index (κ1) is 13.8. The van der Waals surface area contributed by atoms with Crippen molar-refractivity contribution in [2.24, 2.45) is 0 Å². The number of hydrogen-bond donors (Lipinski definition) is 1. The first-order valence-electron chi connectivity index (χ1n) is 6.84. The average molecular weight is 283 g/mol. The summed E-state index contributed by atoms with van der Waals surface area (Å²) in [7, 11) is 1.59. The predicted octanol–water partition coefficient (Wildman–Crippen LogP) is 2.13. The number of carbonyl (C=O) groups is 1. The highest BCUT2D eigenvalue weighted by Crippen LogP contribution is 2.36. The fraction of sp³-hybridized carbons (Fsp3) is 0.235. The molecule has 0 spiro atoms. The molecule has 0 saturated carbocycles. The van der Waals surface area contributed by atoms with Gasteiger partial charge in [-0.3, -0.25) is 4.79 Å². The summed E-state index contributed by atoms with van der Waals surface area (Å²) < 4.78 is 5.64. The summed E-state index contributed by atoms with van der Waals surface area (Å²) >= 11 is 0. The Labute approximate surface area is 123 Å². The lowest BCUT2D eigenvalue weighted by molar-refractivity contribution is -0.128. The van der Waals surface area contributed by atoms with Crippen LogP contribution in [0.5, 0.6) is 0 Å². The van der Waals surface area contributed by atoms with Gasteiger partial charge in [0.25, 0.3) is 5.91 Å². The zero-order valence-corrected chi connectivity index (χ0v) is 11.8. The lowest BCUT2D eigenvalue weighted by atomic mass is 10.0. The fourth-order valence-corrected chi connectivity index (χ4v) is 2.61. The zero-order valence-electron chi connectivity index (χ0n) is 11.8. The number of fused-ring (bicyclic) bond motifs is 1. The largest absolute Gasteiger partial charge is 0.371 e. The third-order valence-electron chi connectivity index (χ3n) is 3.86. The quantitative estimate of drug-likeness (QED) is 0.935. The number of nitrogens with zero attached hydrogens (tertiary/aromatic N) is 1. The molecular formula is C17H17NO3. The Morgan fingerprint density at radius 2 is 1.76 bits per heavy atom. The van der Waals surface area contributed by atoms with Crippen molar-refractivity contribution in [3.63, 3.8) is 0 Å². The monoisotopic (exact) mass is 283 g/mol. The van der Waals surface area contributed by atoms with Crippen LogP contribution in [0.1, 0.15) is 21.5 Å². The smallest absolute Gasteiger partial charge is 0.256 e.